The summed E-state index contributed by atoms with van der Waals surface area (Å²) < 4.78 is 34.5. The SMILES string of the molecule is COc1cc(CN(C)C(=O)[C@@H]2CCCN2C(=O)c2cccs2)ccc1OC(F)F. The van der Waals surface area contributed by atoms with E-state index < -0.39 is 12.7 Å². The lowest BCUT2D eigenvalue weighted by atomic mass is 10.1. The first-order valence-electron chi connectivity index (χ1n) is 9.12. The van der Waals surface area contributed by atoms with Gasteiger partial charge in [-0.1, -0.05) is 12.1 Å². The zero-order valence-electron chi connectivity index (χ0n) is 16.1. The van der Waals surface area contributed by atoms with Crippen LogP contribution in [0.2, 0.25) is 0 Å². The maximum absolute atomic E-state index is 13.0. The summed E-state index contributed by atoms with van der Waals surface area (Å²) >= 11 is 1.36. The fraction of sp³-hybridized carbons (Fsp3) is 0.400. The van der Waals surface area contributed by atoms with Gasteiger partial charge in [0, 0.05) is 20.1 Å². The Morgan fingerprint density at radius 2 is 2.10 bits per heavy atom. The first-order valence-corrected chi connectivity index (χ1v) is 10.00. The van der Waals surface area contributed by atoms with Crippen LogP contribution in [-0.4, -0.2) is 55.0 Å². The van der Waals surface area contributed by atoms with E-state index in [4.69, 9.17) is 4.74 Å². The quantitative estimate of drug-likeness (QED) is 0.681. The van der Waals surface area contributed by atoms with Crippen LogP contribution in [0.25, 0.3) is 0 Å². The Balaban J connectivity index is 1.69. The molecule has 0 bridgehead atoms. The zero-order valence-corrected chi connectivity index (χ0v) is 17.0. The minimum atomic E-state index is -2.95. The van der Waals surface area contributed by atoms with E-state index in [0.29, 0.717) is 23.4 Å². The molecule has 0 unspecified atom stereocenters. The maximum atomic E-state index is 13.0. The van der Waals surface area contributed by atoms with E-state index in [-0.39, 0.29) is 29.9 Å². The van der Waals surface area contributed by atoms with Crippen LogP contribution in [0.4, 0.5) is 8.78 Å². The Bertz CT molecular complexity index is 860. The van der Waals surface area contributed by atoms with Crippen molar-refractivity contribution < 1.29 is 27.8 Å². The lowest BCUT2D eigenvalue weighted by molar-refractivity contribution is -0.134. The van der Waals surface area contributed by atoms with E-state index in [0.717, 1.165) is 6.42 Å². The van der Waals surface area contributed by atoms with Crippen molar-refractivity contribution in [2.45, 2.75) is 32.0 Å². The van der Waals surface area contributed by atoms with Crippen molar-refractivity contribution in [2.75, 3.05) is 20.7 Å². The average Bonchev–Trinajstić information content (AvgIpc) is 3.39. The molecule has 6 nitrogen and oxygen atoms in total. The number of likely N-dealkylation sites (N-methyl/N-ethyl adjacent to an activating group) is 1. The van der Waals surface area contributed by atoms with Gasteiger partial charge in [0.15, 0.2) is 11.5 Å². The van der Waals surface area contributed by atoms with Crippen LogP contribution in [0, 0.1) is 0 Å². The number of likely N-dealkylation sites (tertiary alicyclic amines) is 1. The van der Waals surface area contributed by atoms with Crippen molar-refractivity contribution in [3.63, 3.8) is 0 Å². The number of methoxy groups -OCH3 is 1. The van der Waals surface area contributed by atoms with Crippen molar-refractivity contribution in [3.8, 4) is 11.5 Å². The molecular formula is C20H22F2N2O4S. The van der Waals surface area contributed by atoms with Gasteiger partial charge in [0.1, 0.15) is 6.04 Å². The maximum Gasteiger partial charge on any atom is 0.387 e. The highest BCUT2D eigenvalue weighted by atomic mass is 32.1. The molecule has 2 amide bonds. The smallest absolute Gasteiger partial charge is 0.387 e. The predicted molar refractivity (Wildman–Crippen MR) is 104 cm³/mol. The molecule has 9 heteroatoms. The minimum absolute atomic E-state index is 0.0660. The highest BCUT2D eigenvalue weighted by Gasteiger charge is 2.36. The zero-order chi connectivity index (χ0) is 21.0. The molecule has 1 aromatic heterocycles. The first-order chi connectivity index (χ1) is 13.9. The third-order valence-corrected chi connectivity index (χ3v) is 5.63. The molecule has 0 saturated carbocycles. The minimum Gasteiger partial charge on any atom is -0.493 e. The number of benzene rings is 1. The van der Waals surface area contributed by atoms with E-state index in [9.17, 15) is 18.4 Å². The molecule has 29 heavy (non-hydrogen) atoms. The Morgan fingerprint density at radius 3 is 2.76 bits per heavy atom. The average molecular weight is 424 g/mol. The van der Waals surface area contributed by atoms with Crippen LogP contribution >= 0.6 is 11.3 Å². The molecule has 1 aromatic carbocycles. The summed E-state index contributed by atoms with van der Waals surface area (Å²) in [7, 11) is 3.02. The molecule has 1 aliphatic rings. The second kappa shape index (κ2) is 9.21. The lowest BCUT2D eigenvalue weighted by Crippen LogP contribution is -2.46. The Labute approximate surface area is 171 Å². The molecule has 0 radical (unpaired) electrons. The van der Waals surface area contributed by atoms with Gasteiger partial charge in [-0.15, -0.1) is 11.3 Å². The van der Waals surface area contributed by atoms with Gasteiger partial charge in [-0.3, -0.25) is 9.59 Å². The van der Waals surface area contributed by atoms with Gasteiger partial charge in [-0.25, -0.2) is 0 Å². The molecule has 1 fully saturated rings. The number of carbonyl (C=O) groups is 2. The third kappa shape index (κ3) is 4.84. The molecule has 1 atom stereocenters. The van der Waals surface area contributed by atoms with Crippen LogP contribution in [0.3, 0.4) is 0 Å². The van der Waals surface area contributed by atoms with Crippen molar-refractivity contribution in [1.82, 2.24) is 9.80 Å². The predicted octanol–water partition coefficient (Wildman–Crippen LogP) is 3.62. The third-order valence-electron chi connectivity index (χ3n) is 4.77. The van der Waals surface area contributed by atoms with E-state index in [1.165, 1.54) is 29.4 Å². The number of carbonyl (C=O) groups excluding carboxylic acids is 2. The number of halogens is 2. The Morgan fingerprint density at radius 1 is 1.31 bits per heavy atom. The summed E-state index contributed by atoms with van der Waals surface area (Å²) in [6.45, 7) is -2.15. The summed E-state index contributed by atoms with van der Waals surface area (Å²) in [6, 6.07) is 7.62. The van der Waals surface area contributed by atoms with Crippen molar-refractivity contribution in [3.05, 3.63) is 46.2 Å². The summed E-state index contributed by atoms with van der Waals surface area (Å²) in [6.07, 6.45) is 1.39. The molecule has 1 aliphatic heterocycles. The largest absolute Gasteiger partial charge is 0.493 e. The highest BCUT2D eigenvalue weighted by molar-refractivity contribution is 7.12. The molecule has 3 rings (SSSR count). The van der Waals surface area contributed by atoms with Gasteiger partial charge < -0.3 is 19.3 Å². The molecule has 2 heterocycles. The van der Waals surface area contributed by atoms with Crippen molar-refractivity contribution in [1.29, 1.82) is 0 Å². The Kier molecular flexibility index (Phi) is 6.68. The first kappa shape index (κ1) is 21.0. The van der Waals surface area contributed by atoms with Crippen LogP contribution in [0.1, 0.15) is 28.1 Å². The van der Waals surface area contributed by atoms with E-state index >= 15 is 0 Å². The van der Waals surface area contributed by atoms with Gasteiger partial charge in [-0.05, 0) is 42.0 Å². The van der Waals surface area contributed by atoms with E-state index in [2.05, 4.69) is 4.74 Å². The number of hydrogen-bond donors (Lipinski definition) is 0. The van der Waals surface area contributed by atoms with Crippen LogP contribution < -0.4 is 9.47 Å². The van der Waals surface area contributed by atoms with Gasteiger partial charge in [-0.2, -0.15) is 8.78 Å². The molecule has 1 saturated heterocycles. The summed E-state index contributed by atoms with van der Waals surface area (Å²) in [5.41, 5.74) is 0.702. The second-order valence-electron chi connectivity index (χ2n) is 6.69. The van der Waals surface area contributed by atoms with Gasteiger partial charge >= 0.3 is 6.61 Å². The number of hydrogen-bond acceptors (Lipinski definition) is 5. The number of rotatable bonds is 7. The molecular weight excluding hydrogens is 402 g/mol. The molecule has 2 aromatic rings. The van der Waals surface area contributed by atoms with E-state index in [1.807, 2.05) is 11.4 Å². The van der Waals surface area contributed by atoms with Crippen LogP contribution in [0.15, 0.2) is 35.7 Å². The van der Waals surface area contributed by atoms with E-state index in [1.54, 1.807) is 30.1 Å². The monoisotopic (exact) mass is 424 g/mol. The molecule has 156 valence electrons. The van der Waals surface area contributed by atoms with Crippen molar-refractivity contribution in [2.24, 2.45) is 0 Å². The second-order valence-corrected chi connectivity index (χ2v) is 7.64. The molecule has 0 N–H and O–H groups in total. The lowest BCUT2D eigenvalue weighted by Gasteiger charge is -2.28. The molecule has 0 spiro atoms. The van der Waals surface area contributed by atoms with Gasteiger partial charge in [0.05, 0.1) is 12.0 Å². The topological polar surface area (TPSA) is 59.1 Å². The molecule has 0 aliphatic carbocycles. The number of amides is 2. The fourth-order valence-corrected chi connectivity index (χ4v) is 4.10. The number of alkyl halides is 2. The standard InChI is InChI=1S/C20H22F2N2O4S/c1-23(12-13-7-8-15(28-20(21)22)16(11-13)27-2)18(25)14-5-3-9-24(14)19(26)17-6-4-10-29-17/h4,6-8,10-11,14,20H,3,5,9,12H2,1-2H3/t14-/m0/s1. The summed E-state index contributed by atoms with van der Waals surface area (Å²) in [4.78, 5) is 29.5. The number of ether oxygens (including phenoxy) is 2. The van der Waals surface area contributed by atoms with Crippen LogP contribution in [0.5, 0.6) is 11.5 Å². The van der Waals surface area contributed by atoms with Crippen LogP contribution in [-0.2, 0) is 11.3 Å². The summed E-state index contributed by atoms with van der Waals surface area (Å²) in [5.74, 6) is -0.179. The van der Waals surface area contributed by atoms with Gasteiger partial charge in [0.2, 0.25) is 5.91 Å². The summed E-state index contributed by atoms with van der Waals surface area (Å²) in [5, 5.41) is 1.83. The number of thiophene rings is 1. The Hall–Kier alpha value is -2.68. The van der Waals surface area contributed by atoms with Gasteiger partial charge in [0.25, 0.3) is 5.91 Å². The number of nitrogens with zero attached hydrogens (tertiary/aromatic N) is 2. The fourth-order valence-electron chi connectivity index (χ4n) is 3.42. The highest BCUT2D eigenvalue weighted by Crippen LogP contribution is 2.30. The van der Waals surface area contributed by atoms with Crippen molar-refractivity contribution >= 4 is 23.2 Å². The normalized spacial score (nSPS) is 16.2.